The largest absolute Gasteiger partial charge is 0.365 e. The van der Waals surface area contributed by atoms with E-state index in [0.717, 1.165) is 0 Å². The summed E-state index contributed by atoms with van der Waals surface area (Å²) in [5, 5.41) is 3.56. The van der Waals surface area contributed by atoms with Gasteiger partial charge in [-0.15, -0.1) is 0 Å². The van der Waals surface area contributed by atoms with E-state index in [-0.39, 0.29) is 5.71 Å². The van der Waals surface area contributed by atoms with Crippen molar-refractivity contribution in [2.45, 2.75) is 0 Å². The van der Waals surface area contributed by atoms with Crippen LogP contribution in [-0.4, -0.2) is 17.6 Å². The lowest BCUT2D eigenvalue weighted by Gasteiger charge is -2.02. The van der Waals surface area contributed by atoms with Crippen LogP contribution in [0.1, 0.15) is 15.9 Å². The minimum Gasteiger partial charge on any atom is -0.364 e. The van der Waals surface area contributed by atoms with Crippen molar-refractivity contribution < 1.29 is 14.4 Å². The van der Waals surface area contributed by atoms with Gasteiger partial charge in [0.1, 0.15) is 0 Å². The van der Waals surface area contributed by atoms with Crippen molar-refractivity contribution in [3.8, 4) is 0 Å². The Kier molecular flexibility index (Phi) is 4.24. The van der Waals surface area contributed by atoms with Crippen LogP contribution in [0, 0.1) is 0 Å². The molecule has 2 N–H and O–H groups in total. The van der Waals surface area contributed by atoms with E-state index in [9.17, 15) is 9.59 Å². The average Bonchev–Trinajstić information content (AvgIpc) is 2.49. The van der Waals surface area contributed by atoms with Crippen LogP contribution >= 0.6 is 0 Å². The molecule has 0 spiro atoms. The predicted octanol–water partition coefficient (Wildman–Crippen LogP) is 1.73. The molecule has 0 unspecified atom stereocenters. The van der Waals surface area contributed by atoms with Crippen molar-refractivity contribution in [1.82, 2.24) is 0 Å². The number of carbonyl (C=O) groups is 2. The van der Waals surface area contributed by atoms with Gasteiger partial charge in [0.25, 0.3) is 5.91 Å². The standard InChI is InChI=1S/C15H12N2O3/c16-14(18)13(11-7-3-1-4-8-11)17-20-15(19)12-9-5-2-6-10-12/h1-10H,(H2,16,18)/b17-13-. The molecule has 0 saturated carbocycles. The van der Waals surface area contributed by atoms with Crippen molar-refractivity contribution in [3.05, 3.63) is 71.8 Å². The van der Waals surface area contributed by atoms with Gasteiger partial charge in [-0.05, 0) is 12.1 Å². The average molecular weight is 268 g/mol. The summed E-state index contributed by atoms with van der Waals surface area (Å²) in [5.74, 6) is -1.42. The second-order valence-corrected chi connectivity index (χ2v) is 3.91. The van der Waals surface area contributed by atoms with E-state index in [2.05, 4.69) is 5.16 Å². The zero-order valence-corrected chi connectivity index (χ0v) is 10.5. The molecule has 0 atom stereocenters. The maximum absolute atomic E-state index is 11.7. The molecule has 0 aliphatic carbocycles. The Bertz CT molecular complexity index is 637. The number of benzene rings is 2. The molecule has 5 heteroatoms. The van der Waals surface area contributed by atoms with Crippen LogP contribution in [0.2, 0.25) is 0 Å². The molecule has 2 aromatic carbocycles. The topological polar surface area (TPSA) is 81.8 Å². The molecule has 2 aromatic rings. The van der Waals surface area contributed by atoms with Gasteiger partial charge in [-0.3, -0.25) is 4.79 Å². The zero-order valence-electron chi connectivity index (χ0n) is 10.5. The Labute approximate surface area is 115 Å². The third-order valence-corrected chi connectivity index (χ3v) is 2.51. The number of hydrogen-bond acceptors (Lipinski definition) is 4. The SMILES string of the molecule is NC(=O)/C(=N\OC(=O)c1ccccc1)c1ccccc1. The molecule has 2 rings (SSSR count). The molecule has 5 nitrogen and oxygen atoms in total. The second-order valence-electron chi connectivity index (χ2n) is 3.91. The monoisotopic (exact) mass is 268 g/mol. The molecule has 0 bridgehead atoms. The summed E-state index contributed by atoms with van der Waals surface area (Å²) >= 11 is 0. The maximum atomic E-state index is 11.7. The highest BCUT2D eigenvalue weighted by molar-refractivity contribution is 6.44. The summed E-state index contributed by atoms with van der Waals surface area (Å²) in [6.07, 6.45) is 0. The molecule has 20 heavy (non-hydrogen) atoms. The van der Waals surface area contributed by atoms with E-state index in [1.54, 1.807) is 60.7 Å². The van der Waals surface area contributed by atoms with Gasteiger partial charge in [-0.1, -0.05) is 53.7 Å². The van der Waals surface area contributed by atoms with E-state index in [1.165, 1.54) is 0 Å². The molecular weight excluding hydrogens is 256 g/mol. The van der Waals surface area contributed by atoms with Crippen molar-refractivity contribution in [2.75, 3.05) is 0 Å². The summed E-state index contributed by atoms with van der Waals surface area (Å²) in [6.45, 7) is 0. The van der Waals surface area contributed by atoms with Gasteiger partial charge in [0.05, 0.1) is 5.56 Å². The quantitative estimate of drug-likeness (QED) is 0.521. The summed E-state index contributed by atoms with van der Waals surface area (Å²) in [4.78, 5) is 27.8. The molecule has 0 aromatic heterocycles. The molecule has 0 heterocycles. The van der Waals surface area contributed by atoms with Crippen LogP contribution < -0.4 is 5.73 Å². The Morgan fingerprint density at radius 1 is 0.850 bits per heavy atom. The molecule has 0 aliphatic heterocycles. The molecule has 1 amide bonds. The highest BCUT2D eigenvalue weighted by Gasteiger charge is 2.13. The number of hydrogen-bond donors (Lipinski definition) is 1. The number of oxime groups is 1. The normalized spacial score (nSPS) is 10.9. The van der Waals surface area contributed by atoms with Gasteiger partial charge in [0, 0.05) is 5.56 Å². The highest BCUT2D eigenvalue weighted by atomic mass is 16.7. The van der Waals surface area contributed by atoms with Crippen LogP contribution in [0.4, 0.5) is 0 Å². The Morgan fingerprint density at radius 2 is 1.35 bits per heavy atom. The highest BCUT2D eigenvalue weighted by Crippen LogP contribution is 2.05. The molecule has 100 valence electrons. The van der Waals surface area contributed by atoms with E-state index < -0.39 is 11.9 Å². The fourth-order valence-electron chi connectivity index (χ4n) is 1.55. The number of nitrogens with zero attached hydrogens (tertiary/aromatic N) is 1. The fraction of sp³-hybridized carbons (Fsp3) is 0. The number of amides is 1. The van der Waals surface area contributed by atoms with E-state index in [0.29, 0.717) is 11.1 Å². The van der Waals surface area contributed by atoms with Crippen LogP contribution in [-0.2, 0) is 9.63 Å². The van der Waals surface area contributed by atoms with Crippen molar-refractivity contribution >= 4 is 17.6 Å². The zero-order chi connectivity index (χ0) is 14.4. The van der Waals surface area contributed by atoms with Crippen molar-refractivity contribution in [3.63, 3.8) is 0 Å². The fourth-order valence-corrected chi connectivity index (χ4v) is 1.55. The third kappa shape index (κ3) is 3.29. The van der Waals surface area contributed by atoms with E-state index in [4.69, 9.17) is 10.6 Å². The molecule has 0 aliphatic rings. The summed E-state index contributed by atoms with van der Waals surface area (Å²) < 4.78 is 0. The van der Waals surface area contributed by atoms with Gasteiger partial charge in [-0.25, -0.2) is 4.79 Å². The Hall–Kier alpha value is -2.95. The van der Waals surface area contributed by atoms with Gasteiger partial charge in [-0.2, -0.15) is 0 Å². The molecule has 0 radical (unpaired) electrons. The lowest BCUT2D eigenvalue weighted by molar-refractivity contribution is -0.112. The predicted molar refractivity (Wildman–Crippen MR) is 74.0 cm³/mol. The Balaban J connectivity index is 2.19. The number of nitrogens with two attached hydrogens (primary N) is 1. The van der Waals surface area contributed by atoms with Crippen LogP contribution in [0.15, 0.2) is 65.8 Å². The van der Waals surface area contributed by atoms with Crippen molar-refractivity contribution in [2.24, 2.45) is 10.9 Å². The first-order chi connectivity index (χ1) is 9.68. The summed E-state index contributed by atoms with van der Waals surface area (Å²) in [6, 6.07) is 16.9. The number of carbonyl (C=O) groups excluding carboxylic acids is 2. The van der Waals surface area contributed by atoms with Crippen LogP contribution in [0.5, 0.6) is 0 Å². The minimum absolute atomic E-state index is 0.102. The second kappa shape index (κ2) is 6.29. The first-order valence-electron chi connectivity index (χ1n) is 5.88. The maximum Gasteiger partial charge on any atom is 0.365 e. The minimum atomic E-state index is -0.767. The molecule has 0 saturated heterocycles. The van der Waals surface area contributed by atoms with Gasteiger partial charge in [0.2, 0.25) is 0 Å². The summed E-state index contributed by atoms with van der Waals surface area (Å²) in [5.41, 5.74) is 5.96. The smallest absolute Gasteiger partial charge is 0.364 e. The third-order valence-electron chi connectivity index (χ3n) is 2.51. The molecular formula is C15H12N2O3. The lowest BCUT2D eigenvalue weighted by Crippen LogP contribution is -2.25. The first-order valence-corrected chi connectivity index (χ1v) is 5.88. The first kappa shape index (κ1) is 13.5. The Morgan fingerprint density at radius 3 is 1.85 bits per heavy atom. The lowest BCUT2D eigenvalue weighted by atomic mass is 10.1. The van der Waals surface area contributed by atoms with Crippen LogP contribution in [0.25, 0.3) is 0 Å². The van der Waals surface area contributed by atoms with Gasteiger partial charge in [0.15, 0.2) is 5.71 Å². The molecule has 0 fully saturated rings. The van der Waals surface area contributed by atoms with E-state index in [1.807, 2.05) is 0 Å². The van der Waals surface area contributed by atoms with Crippen LogP contribution in [0.3, 0.4) is 0 Å². The number of primary amides is 1. The van der Waals surface area contributed by atoms with Crippen molar-refractivity contribution in [1.29, 1.82) is 0 Å². The van der Waals surface area contributed by atoms with Gasteiger partial charge < -0.3 is 10.6 Å². The summed E-state index contributed by atoms with van der Waals surface area (Å²) in [7, 11) is 0. The van der Waals surface area contributed by atoms with E-state index >= 15 is 0 Å². The van der Waals surface area contributed by atoms with Gasteiger partial charge >= 0.3 is 5.97 Å². The number of rotatable bonds is 4.